The summed E-state index contributed by atoms with van der Waals surface area (Å²) in [5.74, 6) is 1.30. The molecule has 0 spiro atoms. The zero-order chi connectivity index (χ0) is 20.2. The van der Waals surface area contributed by atoms with Gasteiger partial charge in [0.2, 0.25) is 0 Å². The Kier molecular flexibility index (Phi) is 6.13. The maximum absolute atomic E-state index is 13.0. The molecule has 0 unspecified atom stereocenters. The number of hydrogen-bond donors (Lipinski definition) is 1. The fraction of sp³-hybridized carbons (Fsp3) is 0.364. The number of furan rings is 1. The van der Waals surface area contributed by atoms with Gasteiger partial charge in [0.15, 0.2) is 5.76 Å². The molecule has 0 atom stereocenters. The van der Waals surface area contributed by atoms with E-state index in [9.17, 15) is 4.79 Å². The molecule has 29 heavy (non-hydrogen) atoms. The lowest BCUT2D eigenvalue weighted by atomic mass is 10.1. The monoisotopic (exact) mass is 413 g/mol. The van der Waals surface area contributed by atoms with Gasteiger partial charge in [-0.1, -0.05) is 11.6 Å². The molecule has 0 saturated carbocycles. The average molecular weight is 414 g/mol. The Hall–Kier alpha value is -2.41. The molecule has 2 aromatic heterocycles. The maximum atomic E-state index is 13.0. The molecule has 1 amide bonds. The Balaban J connectivity index is 1.52. The van der Waals surface area contributed by atoms with E-state index >= 15 is 0 Å². The second-order valence-electron chi connectivity index (χ2n) is 7.19. The van der Waals surface area contributed by atoms with E-state index in [2.05, 4.69) is 15.2 Å². The van der Waals surface area contributed by atoms with Gasteiger partial charge in [-0.3, -0.25) is 9.69 Å². The number of amides is 1. The summed E-state index contributed by atoms with van der Waals surface area (Å²) in [5, 5.41) is 4.34. The highest BCUT2D eigenvalue weighted by atomic mass is 35.5. The normalized spacial score (nSPS) is 15.0. The van der Waals surface area contributed by atoms with Gasteiger partial charge in [0.25, 0.3) is 5.91 Å². The van der Waals surface area contributed by atoms with E-state index in [4.69, 9.17) is 20.8 Å². The largest absolute Gasteiger partial charge is 0.460 e. The number of pyridine rings is 1. The number of fused-ring (bicyclic) bond motifs is 1. The minimum absolute atomic E-state index is 0.133. The summed E-state index contributed by atoms with van der Waals surface area (Å²) in [6, 6.07) is 10.9. The topological polar surface area (TPSA) is 67.6 Å². The molecular weight excluding hydrogens is 390 g/mol. The van der Waals surface area contributed by atoms with Crippen molar-refractivity contribution in [3.63, 3.8) is 0 Å². The summed E-state index contributed by atoms with van der Waals surface area (Å²) in [7, 11) is 0. The van der Waals surface area contributed by atoms with Gasteiger partial charge in [0.05, 0.1) is 24.3 Å². The van der Waals surface area contributed by atoms with Gasteiger partial charge < -0.3 is 14.5 Å². The molecule has 1 aliphatic rings. The first-order valence-corrected chi connectivity index (χ1v) is 10.2. The lowest BCUT2D eigenvalue weighted by Gasteiger charge is -2.26. The molecule has 0 aliphatic carbocycles. The van der Waals surface area contributed by atoms with Crippen LogP contribution in [-0.2, 0) is 4.74 Å². The number of carbonyl (C=O) groups excluding carboxylic acids is 1. The summed E-state index contributed by atoms with van der Waals surface area (Å²) in [5.41, 5.74) is 1.89. The molecule has 7 heteroatoms. The van der Waals surface area contributed by atoms with Crippen molar-refractivity contribution in [3.8, 4) is 11.5 Å². The van der Waals surface area contributed by atoms with Crippen molar-refractivity contribution < 1.29 is 13.9 Å². The van der Waals surface area contributed by atoms with E-state index in [1.54, 1.807) is 18.2 Å². The maximum Gasteiger partial charge on any atom is 0.252 e. The van der Waals surface area contributed by atoms with Crippen LogP contribution < -0.4 is 5.32 Å². The molecule has 1 saturated heterocycles. The van der Waals surface area contributed by atoms with Crippen LogP contribution in [0.15, 0.2) is 40.8 Å². The number of ether oxygens (including phenoxy) is 1. The number of benzene rings is 1. The van der Waals surface area contributed by atoms with Crippen LogP contribution in [0.3, 0.4) is 0 Å². The molecule has 0 bridgehead atoms. The lowest BCUT2D eigenvalue weighted by Crippen LogP contribution is -2.38. The Bertz CT molecular complexity index is 1010. The van der Waals surface area contributed by atoms with Gasteiger partial charge in [0.1, 0.15) is 11.5 Å². The Labute approximate surface area is 174 Å². The van der Waals surface area contributed by atoms with E-state index in [0.29, 0.717) is 34.1 Å². The summed E-state index contributed by atoms with van der Waals surface area (Å²) >= 11 is 6.17. The third kappa shape index (κ3) is 4.78. The highest BCUT2D eigenvalue weighted by molar-refractivity contribution is 6.31. The van der Waals surface area contributed by atoms with Crippen molar-refractivity contribution in [3.05, 3.63) is 52.7 Å². The Morgan fingerprint density at radius 3 is 2.79 bits per heavy atom. The predicted octanol–water partition coefficient (Wildman–Crippen LogP) is 3.91. The second kappa shape index (κ2) is 8.95. The predicted molar refractivity (Wildman–Crippen MR) is 113 cm³/mol. The van der Waals surface area contributed by atoms with E-state index in [-0.39, 0.29) is 5.91 Å². The van der Waals surface area contributed by atoms with E-state index in [0.717, 1.165) is 50.4 Å². The molecule has 0 radical (unpaired) electrons. The second-order valence-corrected chi connectivity index (χ2v) is 7.63. The van der Waals surface area contributed by atoms with Crippen molar-refractivity contribution in [1.29, 1.82) is 0 Å². The van der Waals surface area contributed by atoms with Gasteiger partial charge in [0, 0.05) is 30.0 Å². The summed E-state index contributed by atoms with van der Waals surface area (Å²) in [4.78, 5) is 20.0. The van der Waals surface area contributed by atoms with E-state index in [1.807, 2.05) is 25.1 Å². The number of rotatable bonds is 6. The third-order valence-electron chi connectivity index (χ3n) is 5.05. The number of morpholine rings is 1. The highest BCUT2D eigenvalue weighted by Crippen LogP contribution is 2.28. The van der Waals surface area contributed by atoms with Crippen LogP contribution in [0.2, 0.25) is 5.02 Å². The SMILES string of the molecule is Cc1ccc(-c2cc(C(=O)NCCCN3CCOCC3)c3cc(Cl)ccc3n2)o1. The van der Waals surface area contributed by atoms with Crippen molar-refractivity contribution >= 4 is 28.4 Å². The zero-order valence-corrected chi connectivity index (χ0v) is 17.2. The molecule has 1 aromatic carbocycles. The number of aromatic nitrogens is 1. The molecule has 1 aliphatic heterocycles. The smallest absolute Gasteiger partial charge is 0.252 e. The zero-order valence-electron chi connectivity index (χ0n) is 16.4. The molecule has 3 heterocycles. The highest BCUT2D eigenvalue weighted by Gasteiger charge is 2.16. The molecule has 152 valence electrons. The lowest BCUT2D eigenvalue weighted by molar-refractivity contribution is 0.0374. The number of aryl methyl sites for hydroxylation is 1. The minimum atomic E-state index is -0.133. The molecule has 4 rings (SSSR count). The van der Waals surface area contributed by atoms with Crippen LogP contribution >= 0.6 is 11.6 Å². The van der Waals surface area contributed by atoms with Crippen molar-refractivity contribution in [2.45, 2.75) is 13.3 Å². The van der Waals surface area contributed by atoms with Crippen LogP contribution in [0, 0.1) is 6.92 Å². The molecule has 6 nitrogen and oxygen atoms in total. The first-order chi connectivity index (χ1) is 14.1. The summed E-state index contributed by atoms with van der Waals surface area (Å²) in [6.07, 6.45) is 0.889. The summed E-state index contributed by atoms with van der Waals surface area (Å²) < 4.78 is 11.1. The average Bonchev–Trinajstić information content (AvgIpc) is 3.17. The van der Waals surface area contributed by atoms with Gasteiger partial charge in [-0.25, -0.2) is 4.98 Å². The molecular formula is C22H24ClN3O3. The Morgan fingerprint density at radius 1 is 1.21 bits per heavy atom. The van der Waals surface area contributed by atoms with Crippen LogP contribution in [0.4, 0.5) is 0 Å². The van der Waals surface area contributed by atoms with Crippen LogP contribution in [0.5, 0.6) is 0 Å². The fourth-order valence-corrected chi connectivity index (χ4v) is 3.68. The number of hydrogen-bond acceptors (Lipinski definition) is 5. The quantitative estimate of drug-likeness (QED) is 0.620. The van der Waals surface area contributed by atoms with Gasteiger partial charge in [-0.05, 0) is 56.3 Å². The fourth-order valence-electron chi connectivity index (χ4n) is 3.51. The van der Waals surface area contributed by atoms with Crippen molar-refractivity contribution in [2.24, 2.45) is 0 Å². The van der Waals surface area contributed by atoms with Gasteiger partial charge >= 0.3 is 0 Å². The number of carbonyl (C=O) groups is 1. The first-order valence-electron chi connectivity index (χ1n) is 9.85. The van der Waals surface area contributed by atoms with E-state index in [1.165, 1.54) is 0 Å². The number of nitrogens with zero attached hydrogens (tertiary/aromatic N) is 2. The standard InChI is InChI=1S/C22H24ClN3O3/c1-15-3-6-21(29-15)20-14-18(17-13-16(23)4-5-19(17)25-20)22(27)24-7-2-8-26-9-11-28-12-10-26/h3-6,13-14H,2,7-12H2,1H3,(H,24,27). The van der Waals surface area contributed by atoms with Crippen molar-refractivity contribution in [2.75, 3.05) is 39.4 Å². The van der Waals surface area contributed by atoms with Crippen LogP contribution in [0.1, 0.15) is 22.5 Å². The first kappa shape index (κ1) is 19.9. The molecule has 1 N–H and O–H groups in total. The van der Waals surface area contributed by atoms with E-state index < -0.39 is 0 Å². The molecule has 1 fully saturated rings. The van der Waals surface area contributed by atoms with Gasteiger partial charge in [-0.2, -0.15) is 0 Å². The van der Waals surface area contributed by atoms with Crippen LogP contribution in [0.25, 0.3) is 22.4 Å². The third-order valence-corrected chi connectivity index (χ3v) is 5.28. The number of halogens is 1. The van der Waals surface area contributed by atoms with Crippen LogP contribution in [-0.4, -0.2) is 55.2 Å². The van der Waals surface area contributed by atoms with Gasteiger partial charge in [-0.15, -0.1) is 0 Å². The summed E-state index contributed by atoms with van der Waals surface area (Å²) in [6.45, 7) is 6.91. The van der Waals surface area contributed by atoms with Crippen molar-refractivity contribution in [1.82, 2.24) is 15.2 Å². The Morgan fingerprint density at radius 2 is 2.03 bits per heavy atom. The number of nitrogens with one attached hydrogen (secondary N) is 1. The minimum Gasteiger partial charge on any atom is -0.460 e. The molecule has 3 aromatic rings.